The third-order valence-corrected chi connectivity index (χ3v) is 4.63. The van der Waals surface area contributed by atoms with Crippen LogP contribution in [0.2, 0.25) is 0 Å². The van der Waals surface area contributed by atoms with Crippen molar-refractivity contribution < 1.29 is 4.74 Å². The zero-order valence-corrected chi connectivity index (χ0v) is 13.5. The van der Waals surface area contributed by atoms with Crippen LogP contribution in [0.3, 0.4) is 0 Å². The second kappa shape index (κ2) is 6.03. The molecular formula is C16H15BrN4O. The zero-order valence-electron chi connectivity index (χ0n) is 11.9. The van der Waals surface area contributed by atoms with Gasteiger partial charge in [-0.1, -0.05) is 24.3 Å². The van der Waals surface area contributed by atoms with Crippen molar-refractivity contribution in [3.63, 3.8) is 0 Å². The van der Waals surface area contributed by atoms with E-state index in [0.717, 1.165) is 29.7 Å². The minimum atomic E-state index is -0.440. The number of benzene rings is 1. The predicted molar refractivity (Wildman–Crippen MR) is 86.9 cm³/mol. The maximum Gasteiger partial charge on any atom is 0.156 e. The van der Waals surface area contributed by atoms with Crippen LogP contribution >= 0.6 is 15.9 Å². The van der Waals surface area contributed by atoms with Gasteiger partial charge in [-0.25, -0.2) is 9.97 Å². The Morgan fingerprint density at radius 3 is 2.50 bits per heavy atom. The molecule has 1 aromatic carbocycles. The molecule has 0 spiro atoms. The van der Waals surface area contributed by atoms with Crippen molar-refractivity contribution >= 4 is 21.7 Å². The van der Waals surface area contributed by atoms with E-state index >= 15 is 0 Å². The number of anilines is 1. The molecule has 0 atom stereocenters. The third kappa shape index (κ3) is 2.70. The number of nitrogens with zero attached hydrogens (tertiary/aromatic N) is 3. The van der Waals surface area contributed by atoms with Crippen molar-refractivity contribution in [1.29, 1.82) is 5.26 Å². The molecule has 112 valence electrons. The van der Waals surface area contributed by atoms with Crippen LogP contribution in [0.4, 0.5) is 5.82 Å². The molecule has 3 rings (SSSR count). The molecule has 1 fully saturated rings. The van der Waals surface area contributed by atoms with E-state index in [-0.39, 0.29) is 0 Å². The maximum absolute atomic E-state index is 9.60. The Kier molecular flexibility index (Phi) is 4.10. The van der Waals surface area contributed by atoms with Gasteiger partial charge in [-0.15, -0.1) is 0 Å². The summed E-state index contributed by atoms with van der Waals surface area (Å²) < 4.78 is 5.91. The Morgan fingerprint density at radius 1 is 1.23 bits per heavy atom. The molecule has 2 N–H and O–H groups in total. The zero-order chi connectivity index (χ0) is 15.6. The van der Waals surface area contributed by atoms with Crippen LogP contribution in [-0.2, 0) is 10.2 Å². The van der Waals surface area contributed by atoms with Crippen molar-refractivity contribution in [3.8, 4) is 17.3 Å². The van der Waals surface area contributed by atoms with Gasteiger partial charge in [0.2, 0.25) is 0 Å². The summed E-state index contributed by atoms with van der Waals surface area (Å²) >= 11 is 3.28. The molecule has 1 aliphatic heterocycles. The summed E-state index contributed by atoms with van der Waals surface area (Å²) in [5, 5.41) is 9.60. The minimum absolute atomic E-state index is 0.367. The molecule has 2 aromatic rings. The lowest BCUT2D eigenvalue weighted by molar-refractivity contribution is 0.0675. The molecule has 2 heterocycles. The van der Waals surface area contributed by atoms with Crippen molar-refractivity contribution in [2.24, 2.45) is 0 Å². The number of rotatable bonds is 2. The number of ether oxygens (including phenoxy) is 1. The summed E-state index contributed by atoms with van der Waals surface area (Å²) in [6.07, 6.45) is 3.11. The molecule has 1 saturated heterocycles. The molecule has 0 bridgehead atoms. The number of halogens is 1. The normalized spacial score (nSPS) is 16.9. The van der Waals surface area contributed by atoms with Gasteiger partial charge < -0.3 is 10.5 Å². The maximum atomic E-state index is 9.60. The summed E-state index contributed by atoms with van der Waals surface area (Å²) in [6.45, 7) is 1.26. The topological polar surface area (TPSA) is 84.8 Å². The lowest BCUT2D eigenvalue weighted by Crippen LogP contribution is -2.32. The standard InChI is InChI=1S/C16H15BrN4O/c17-14-15(19)20-9-13(21-14)11-1-3-12(4-2-11)16(10-18)5-7-22-8-6-16/h1-4,9H,5-8H2,(H2,19,20). The molecule has 0 saturated carbocycles. The molecule has 6 heteroatoms. The Bertz CT molecular complexity index is 718. The number of hydrogen-bond acceptors (Lipinski definition) is 5. The molecule has 1 aliphatic rings. The lowest BCUT2D eigenvalue weighted by atomic mass is 9.75. The average molecular weight is 359 g/mol. The minimum Gasteiger partial charge on any atom is -0.381 e. The average Bonchev–Trinajstić information content (AvgIpc) is 2.58. The number of hydrogen-bond donors (Lipinski definition) is 1. The van der Waals surface area contributed by atoms with Crippen LogP contribution in [0, 0.1) is 11.3 Å². The lowest BCUT2D eigenvalue weighted by Gasteiger charge is -2.31. The third-order valence-electron chi connectivity index (χ3n) is 4.05. The van der Waals surface area contributed by atoms with Gasteiger partial charge in [0.05, 0.1) is 23.4 Å². The van der Waals surface area contributed by atoms with Crippen LogP contribution < -0.4 is 5.73 Å². The van der Waals surface area contributed by atoms with Crippen LogP contribution in [0.25, 0.3) is 11.3 Å². The van der Waals surface area contributed by atoms with E-state index in [2.05, 4.69) is 32.0 Å². The quantitative estimate of drug-likeness (QED) is 0.891. The summed E-state index contributed by atoms with van der Waals surface area (Å²) in [5.74, 6) is 0.367. The van der Waals surface area contributed by atoms with Crippen molar-refractivity contribution in [2.75, 3.05) is 18.9 Å². The fraction of sp³-hybridized carbons (Fsp3) is 0.312. The first-order valence-electron chi connectivity index (χ1n) is 7.02. The summed E-state index contributed by atoms with van der Waals surface area (Å²) in [5.41, 5.74) is 7.93. The van der Waals surface area contributed by atoms with Gasteiger partial charge in [-0.05, 0) is 34.3 Å². The molecule has 0 unspecified atom stereocenters. The van der Waals surface area contributed by atoms with E-state index in [1.807, 2.05) is 24.3 Å². The fourth-order valence-electron chi connectivity index (χ4n) is 2.66. The van der Waals surface area contributed by atoms with E-state index in [9.17, 15) is 5.26 Å². The van der Waals surface area contributed by atoms with Crippen LogP contribution in [0.5, 0.6) is 0 Å². The van der Waals surface area contributed by atoms with Gasteiger partial charge in [0.1, 0.15) is 4.60 Å². The number of nitriles is 1. The Morgan fingerprint density at radius 2 is 1.91 bits per heavy atom. The first-order valence-corrected chi connectivity index (χ1v) is 7.82. The largest absolute Gasteiger partial charge is 0.381 e. The van der Waals surface area contributed by atoms with Crippen LogP contribution in [-0.4, -0.2) is 23.2 Å². The van der Waals surface area contributed by atoms with E-state index < -0.39 is 5.41 Å². The van der Waals surface area contributed by atoms with Gasteiger partial charge in [-0.2, -0.15) is 5.26 Å². The molecule has 1 aromatic heterocycles. The van der Waals surface area contributed by atoms with E-state index in [4.69, 9.17) is 10.5 Å². The monoisotopic (exact) mass is 358 g/mol. The van der Waals surface area contributed by atoms with Gasteiger partial charge in [0.25, 0.3) is 0 Å². The molecule has 0 radical (unpaired) electrons. The Balaban J connectivity index is 1.92. The van der Waals surface area contributed by atoms with Crippen molar-refractivity contribution in [1.82, 2.24) is 9.97 Å². The van der Waals surface area contributed by atoms with Gasteiger partial charge in [-0.3, -0.25) is 0 Å². The van der Waals surface area contributed by atoms with E-state index in [1.165, 1.54) is 0 Å². The van der Waals surface area contributed by atoms with Crippen molar-refractivity contribution in [2.45, 2.75) is 18.3 Å². The highest BCUT2D eigenvalue weighted by molar-refractivity contribution is 9.10. The number of nitrogen functional groups attached to an aromatic ring is 1. The van der Waals surface area contributed by atoms with Gasteiger partial charge in [0.15, 0.2) is 5.82 Å². The van der Waals surface area contributed by atoms with Crippen LogP contribution in [0.1, 0.15) is 18.4 Å². The first kappa shape index (κ1) is 14.9. The second-order valence-electron chi connectivity index (χ2n) is 5.31. The first-order chi connectivity index (χ1) is 10.6. The Labute approximate surface area is 137 Å². The van der Waals surface area contributed by atoms with E-state index in [1.54, 1.807) is 6.20 Å². The molecule has 0 amide bonds. The number of aromatic nitrogens is 2. The Hall–Kier alpha value is -1.97. The van der Waals surface area contributed by atoms with Gasteiger partial charge in [0, 0.05) is 18.8 Å². The summed E-state index contributed by atoms with van der Waals surface area (Å²) in [6, 6.07) is 10.4. The smallest absolute Gasteiger partial charge is 0.156 e. The van der Waals surface area contributed by atoms with E-state index in [0.29, 0.717) is 23.6 Å². The number of nitrogens with two attached hydrogens (primary N) is 1. The van der Waals surface area contributed by atoms with Crippen LogP contribution in [0.15, 0.2) is 35.1 Å². The molecule has 5 nitrogen and oxygen atoms in total. The summed E-state index contributed by atoms with van der Waals surface area (Å²) in [4.78, 5) is 8.46. The fourth-order valence-corrected chi connectivity index (χ4v) is 2.95. The molecule has 22 heavy (non-hydrogen) atoms. The second-order valence-corrected chi connectivity index (χ2v) is 6.07. The van der Waals surface area contributed by atoms with Crippen molar-refractivity contribution in [3.05, 3.63) is 40.6 Å². The molecular weight excluding hydrogens is 344 g/mol. The highest BCUT2D eigenvalue weighted by Gasteiger charge is 2.34. The highest BCUT2D eigenvalue weighted by atomic mass is 79.9. The SMILES string of the molecule is N#CC1(c2ccc(-c3cnc(N)c(Br)n3)cc2)CCOCC1. The summed E-state index contributed by atoms with van der Waals surface area (Å²) in [7, 11) is 0. The van der Waals surface area contributed by atoms with Gasteiger partial charge >= 0.3 is 0 Å². The molecule has 0 aliphatic carbocycles. The highest BCUT2D eigenvalue weighted by Crippen LogP contribution is 2.35. The predicted octanol–water partition coefficient (Wildman–Crippen LogP) is 3.06.